The first-order valence-corrected chi connectivity index (χ1v) is 11.5. The number of pyridine rings is 1. The average Bonchev–Trinajstić information content (AvgIpc) is 2.72. The van der Waals surface area contributed by atoms with Gasteiger partial charge in [0.25, 0.3) is 0 Å². The molecule has 1 aromatic heterocycles. The third-order valence-corrected chi connectivity index (χ3v) is 5.41. The summed E-state index contributed by atoms with van der Waals surface area (Å²) in [5, 5.41) is 5.40. The van der Waals surface area contributed by atoms with Gasteiger partial charge in [-0.15, -0.1) is 0 Å². The van der Waals surface area contributed by atoms with Gasteiger partial charge in [-0.3, -0.25) is 4.79 Å². The lowest BCUT2D eigenvalue weighted by Crippen LogP contribution is -2.16. The van der Waals surface area contributed by atoms with E-state index in [9.17, 15) is 4.79 Å². The summed E-state index contributed by atoms with van der Waals surface area (Å²) in [7, 11) is 0. The number of amides is 1. The molecule has 0 saturated carbocycles. The van der Waals surface area contributed by atoms with Crippen LogP contribution in [0.25, 0.3) is 10.9 Å². The third kappa shape index (κ3) is 9.40. The molecular formula is C24H34ClN3O. The number of rotatable bonds is 14. The second-order valence-corrected chi connectivity index (χ2v) is 8.00. The first kappa shape index (κ1) is 23.3. The van der Waals surface area contributed by atoms with E-state index in [1.807, 2.05) is 30.3 Å². The highest BCUT2D eigenvalue weighted by Crippen LogP contribution is 2.19. The number of aromatic nitrogens is 1. The highest BCUT2D eigenvalue weighted by Gasteiger charge is 2.03. The van der Waals surface area contributed by atoms with Gasteiger partial charge >= 0.3 is 0 Å². The van der Waals surface area contributed by atoms with E-state index in [-0.39, 0.29) is 5.91 Å². The van der Waals surface area contributed by atoms with E-state index in [4.69, 9.17) is 11.6 Å². The zero-order valence-corrected chi connectivity index (χ0v) is 18.4. The number of nitrogens with zero attached hydrogens (tertiary/aromatic N) is 2. The number of hydrogen-bond donors (Lipinski definition) is 1. The highest BCUT2D eigenvalue weighted by atomic mass is 35.5. The molecule has 0 atom stereocenters. The lowest BCUT2D eigenvalue weighted by Gasteiger charge is -2.03. The van der Waals surface area contributed by atoms with Gasteiger partial charge in [-0.25, -0.2) is 10.4 Å². The maximum atomic E-state index is 11.9. The van der Waals surface area contributed by atoms with Crippen LogP contribution >= 0.6 is 11.6 Å². The van der Waals surface area contributed by atoms with Gasteiger partial charge in [0.1, 0.15) is 5.15 Å². The predicted octanol–water partition coefficient (Wildman–Crippen LogP) is 7.04. The van der Waals surface area contributed by atoms with Crippen molar-refractivity contribution < 1.29 is 4.79 Å². The maximum Gasteiger partial charge on any atom is 0.240 e. The molecule has 1 aromatic carbocycles. The Morgan fingerprint density at radius 1 is 1.00 bits per heavy atom. The number of hydrazone groups is 1. The van der Waals surface area contributed by atoms with Crippen molar-refractivity contribution in [2.45, 2.75) is 84.0 Å². The van der Waals surface area contributed by atoms with Crippen LogP contribution in [0, 0.1) is 0 Å². The second kappa shape index (κ2) is 14.1. The summed E-state index contributed by atoms with van der Waals surface area (Å²) >= 11 is 6.19. The van der Waals surface area contributed by atoms with Crippen LogP contribution in [0.15, 0.2) is 35.4 Å². The van der Waals surface area contributed by atoms with Crippen LogP contribution in [0.3, 0.4) is 0 Å². The normalized spacial score (nSPS) is 11.4. The number of halogens is 1. The van der Waals surface area contributed by atoms with Crippen molar-refractivity contribution in [1.82, 2.24) is 10.4 Å². The Hall–Kier alpha value is -1.94. The van der Waals surface area contributed by atoms with Crippen LogP contribution in [0.1, 0.15) is 89.5 Å². The van der Waals surface area contributed by atoms with Gasteiger partial charge in [0.05, 0.1) is 11.7 Å². The molecule has 0 aliphatic carbocycles. The summed E-state index contributed by atoms with van der Waals surface area (Å²) in [4.78, 5) is 16.3. The molecular weight excluding hydrogens is 382 g/mol. The summed E-state index contributed by atoms with van der Waals surface area (Å²) in [5.41, 5.74) is 4.12. The van der Waals surface area contributed by atoms with Gasteiger partial charge in [0.15, 0.2) is 0 Å². The fourth-order valence-corrected chi connectivity index (χ4v) is 3.57. The van der Waals surface area contributed by atoms with E-state index in [1.54, 1.807) is 6.21 Å². The minimum absolute atomic E-state index is 0.0537. The molecule has 1 heterocycles. The van der Waals surface area contributed by atoms with Crippen molar-refractivity contribution in [2.75, 3.05) is 0 Å². The molecule has 0 aliphatic heterocycles. The lowest BCUT2D eigenvalue weighted by molar-refractivity contribution is -0.121. The van der Waals surface area contributed by atoms with Crippen LogP contribution in [-0.2, 0) is 4.79 Å². The zero-order chi connectivity index (χ0) is 20.7. The first-order chi connectivity index (χ1) is 14.2. The smallest absolute Gasteiger partial charge is 0.240 e. The molecule has 0 spiro atoms. The van der Waals surface area contributed by atoms with Crippen molar-refractivity contribution in [3.8, 4) is 0 Å². The van der Waals surface area contributed by atoms with E-state index >= 15 is 0 Å². The second-order valence-electron chi connectivity index (χ2n) is 7.64. The van der Waals surface area contributed by atoms with Crippen LogP contribution in [0.5, 0.6) is 0 Å². The zero-order valence-electron chi connectivity index (χ0n) is 17.6. The Kier molecular flexibility index (Phi) is 11.4. The number of hydrogen-bond acceptors (Lipinski definition) is 3. The maximum absolute atomic E-state index is 11.9. The van der Waals surface area contributed by atoms with E-state index in [2.05, 4.69) is 22.4 Å². The van der Waals surface area contributed by atoms with Gasteiger partial charge in [-0.2, -0.15) is 5.10 Å². The summed E-state index contributed by atoms with van der Waals surface area (Å²) in [6.45, 7) is 2.25. The molecule has 5 heteroatoms. The van der Waals surface area contributed by atoms with Crippen molar-refractivity contribution in [1.29, 1.82) is 0 Å². The lowest BCUT2D eigenvalue weighted by atomic mass is 10.1. The molecule has 2 aromatic rings. The Bertz CT molecular complexity index is 776. The minimum atomic E-state index is -0.0537. The van der Waals surface area contributed by atoms with E-state index in [0.717, 1.165) is 23.7 Å². The number of nitrogens with one attached hydrogen (secondary N) is 1. The van der Waals surface area contributed by atoms with Crippen LogP contribution in [-0.4, -0.2) is 17.1 Å². The summed E-state index contributed by atoms with van der Waals surface area (Å²) in [6, 6.07) is 9.69. The van der Waals surface area contributed by atoms with Crippen LogP contribution in [0.4, 0.5) is 0 Å². The van der Waals surface area contributed by atoms with Crippen molar-refractivity contribution in [3.63, 3.8) is 0 Å². The van der Waals surface area contributed by atoms with Crippen molar-refractivity contribution >= 4 is 34.6 Å². The molecule has 158 valence electrons. The monoisotopic (exact) mass is 415 g/mol. The number of benzene rings is 1. The Balaban J connectivity index is 1.55. The molecule has 2 rings (SSSR count). The summed E-state index contributed by atoms with van der Waals surface area (Å²) < 4.78 is 0. The van der Waals surface area contributed by atoms with Crippen LogP contribution in [0.2, 0.25) is 5.15 Å². The quantitative estimate of drug-likeness (QED) is 0.156. The minimum Gasteiger partial charge on any atom is -0.273 e. The summed E-state index contributed by atoms with van der Waals surface area (Å²) in [5.74, 6) is -0.0537. The van der Waals surface area contributed by atoms with Gasteiger partial charge in [0.2, 0.25) is 5.91 Å². The fourth-order valence-electron chi connectivity index (χ4n) is 3.38. The number of unbranched alkanes of at least 4 members (excludes halogenated alkanes) is 10. The number of fused-ring (bicyclic) bond motifs is 1. The van der Waals surface area contributed by atoms with Crippen molar-refractivity contribution in [2.24, 2.45) is 5.10 Å². The third-order valence-electron chi connectivity index (χ3n) is 5.10. The largest absolute Gasteiger partial charge is 0.273 e. The molecule has 4 nitrogen and oxygen atoms in total. The van der Waals surface area contributed by atoms with E-state index in [1.165, 1.54) is 57.8 Å². The number of para-hydroxylation sites is 1. The summed E-state index contributed by atoms with van der Waals surface area (Å²) in [6.07, 6.45) is 16.1. The Morgan fingerprint density at radius 2 is 1.62 bits per heavy atom. The molecule has 1 amide bonds. The topological polar surface area (TPSA) is 54.4 Å². The van der Waals surface area contributed by atoms with Crippen molar-refractivity contribution in [3.05, 3.63) is 41.0 Å². The predicted molar refractivity (Wildman–Crippen MR) is 124 cm³/mol. The molecule has 0 bridgehead atoms. The molecule has 0 unspecified atom stereocenters. The number of carbonyl (C=O) groups is 1. The molecule has 1 N–H and O–H groups in total. The van der Waals surface area contributed by atoms with Gasteiger partial charge < -0.3 is 0 Å². The molecule has 29 heavy (non-hydrogen) atoms. The van der Waals surface area contributed by atoms with Gasteiger partial charge in [0, 0.05) is 17.4 Å². The van der Waals surface area contributed by atoms with Gasteiger partial charge in [-0.1, -0.05) is 101 Å². The molecule has 0 aliphatic rings. The van der Waals surface area contributed by atoms with Gasteiger partial charge in [-0.05, 0) is 18.6 Å². The Morgan fingerprint density at radius 3 is 2.31 bits per heavy atom. The van der Waals surface area contributed by atoms with Crippen LogP contribution < -0.4 is 5.43 Å². The molecule has 0 saturated heterocycles. The SMILES string of the molecule is CCCCCCCCCCCCCC(=O)N/N=C\c1cc2ccccc2nc1Cl. The first-order valence-electron chi connectivity index (χ1n) is 11.1. The van der Waals surface area contributed by atoms with E-state index in [0.29, 0.717) is 17.1 Å². The Labute approximate surface area is 180 Å². The number of carbonyl (C=O) groups excluding carboxylic acids is 1. The molecule has 0 radical (unpaired) electrons. The standard InChI is InChI=1S/C24H34ClN3O/c1-2-3-4-5-6-7-8-9-10-11-12-17-23(29)28-26-19-21-18-20-15-13-14-16-22(20)27-24(21)25/h13-16,18-19H,2-12,17H2,1H3,(H,28,29)/b26-19-. The molecule has 0 fully saturated rings. The average molecular weight is 416 g/mol. The van der Waals surface area contributed by atoms with E-state index < -0.39 is 0 Å². The fraction of sp³-hybridized carbons (Fsp3) is 0.542. The highest BCUT2D eigenvalue weighted by molar-refractivity contribution is 6.32.